The second kappa shape index (κ2) is 6.29. The number of thiophene rings is 1. The highest BCUT2D eigenvalue weighted by molar-refractivity contribution is 9.10. The van der Waals surface area contributed by atoms with Gasteiger partial charge in [-0.05, 0) is 28.1 Å². The lowest BCUT2D eigenvalue weighted by Gasteiger charge is -2.05. The van der Waals surface area contributed by atoms with Gasteiger partial charge in [0.1, 0.15) is 5.56 Å². The Morgan fingerprint density at radius 2 is 2.35 bits per heavy atom. The van der Waals surface area contributed by atoms with Crippen molar-refractivity contribution in [3.63, 3.8) is 0 Å². The molecule has 0 saturated heterocycles. The van der Waals surface area contributed by atoms with Gasteiger partial charge in [-0.2, -0.15) is 0 Å². The van der Waals surface area contributed by atoms with Gasteiger partial charge in [-0.25, -0.2) is 4.98 Å². The maximum atomic E-state index is 12.0. The number of hydrogen-bond donors (Lipinski definition) is 1. The molecule has 6 nitrogen and oxygen atoms in total. The average molecular weight is 377 g/mol. The summed E-state index contributed by atoms with van der Waals surface area (Å²) in [6.45, 7) is 0.284. The molecule has 0 bridgehead atoms. The van der Waals surface area contributed by atoms with Crippen molar-refractivity contribution in [1.82, 2.24) is 10.3 Å². The van der Waals surface area contributed by atoms with Gasteiger partial charge in [-0.1, -0.05) is 11.6 Å². The molecule has 2 aromatic rings. The van der Waals surface area contributed by atoms with Crippen molar-refractivity contribution in [2.75, 3.05) is 0 Å². The van der Waals surface area contributed by atoms with Crippen LogP contribution in [0.1, 0.15) is 15.2 Å². The first-order chi connectivity index (χ1) is 9.49. The Hall–Kier alpha value is -1.51. The van der Waals surface area contributed by atoms with E-state index < -0.39 is 16.5 Å². The molecular weight excluding hydrogens is 370 g/mol. The van der Waals surface area contributed by atoms with E-state index in [2.05, 4.69) is 26.2 Å². The minimum atomic E-state index is -0.716. The summed E-state index contributed by atoms with van der Waals surface area (Å²) in [6.07, 6.45) is 1.26. The van der Waals surface area contributed by atoms with Gasteiger partial charge < -0.3 is 5.32 Å². The molecule has 0 aliphatic rings. The second-order valence-corrected chi connectivity index (χ2v) is 5.94. The monoisotopic (exact) mass is 375 g/mol. The molecule has 2 rings (SSSR count). The zero-order valence-electron chi connectivity index (χ0n) is 9.80. The van der Waals surface area contributed by atoms with E-state index in [9.17, 15) is 14.9 Å². The molecule has 20 heavy (non-hydrogen) atoms. The quantitative estimate of drug-likeness (QED) is 0.503. The number of nitrogens with zero attached hydrogens (tertiary/aromatic N) is 2. The highest BCUT2D eigenvalue weighted by Gasteiger charge is 2.24. The molecule has 0 unspecified atom stereocenters. The predicted octanol–water partition coefficient (Wildman–Crippen LogP) is 3.40. The van der Waals surface area contributed by atoms with Gasteiger partial charge in [0.2, 0.25) is 5.15 Å². The van der Waals surface area contributed by atoms with E-state index in [4.69, 9.17) is 11.6 Å². The summed E-state index contributed by atoms with van der Waals surface area (Å²) in [5.41, 5.74) is -0.593. The van der Waals surface area contributed by atoms with Crippen molar-refractivity contribution in [2.45, 2.75) is 6.54 Å². The fraction of sp³-hybridized carbons (Fsp3) is 0.0909. The molecule has 0 aliphatic heterocycles. The van der Waals surface area contributed by atoms with E-state index in [1.54, 1.807) is 0 Å². The van der Waals surface area contributed by atoms with Crippen molar-refractivity contribution >= 4 is 50.5 Å². The number of aromatic nitrogens is 1. The Bertz CT molecular complexity index is 677. The summed E-state index contributed by atoms with van der Waals surface area (Å²) in [7, 11) is 0. The zero-order valence-corrected chi connectivity index (χ0v) is 13.0. The van der Waals surface area contributed by atoms with Crippen molar-refractivity contribution < 1.29 is 9.72 Å². The van der Waals surface area contributed by atoms with Crippen LogP contribution >= 0.6 is 38.9 Å². The summed E-state index contributed by atoms with van der Waals surface area (Å²) >= 11 is 10.4. The van der Waals surface area contributed by atoms with Gasteiger partial charge >= 0.3 is 5.69 Å². The van der Waals surface area contributed by atoms with Crippen LogP contribution in [0, 0.1) is 10.1 Å². The molecule has 0 aliphatic carbocycles. The summed E-state index contributed by atoms with van der Waals surface area (Å²) in [5, 5.41) is 15.1. The molecule has 1 amide bonds. The number of carbonyl (C=O) groups is 1. The largest absolute Gasteiger partial charge is 0.347 e. The molecule has 0 radical (unpaired) electrons. The first kappa shape index (κ1) is 14.9. The summed E-state index contributed by atoms with van der Waals surface area (Å²) in [5.74, 6) is -0.564. The first-order valence-corrected chi connectivity index (χ1v) is 7.34. The van der Waals surface area contributed by atoms with E-state index >= 15 is 0 Å². The zero-order chi connectivity index (χ0) is 14.7. The molecule has 2 heterocycles. The minimum absolute atomic E-state index is 0.106. The third-order valence-electron chi connectivity index (χ3n) is 2.35. The van der Waals surface area contributed by atoms with E-state index in [-0.39, 0.29) is 17.3 Å². The number of hydrogen-bond acceptors (Lipinski definition) is 5. The van der Waals surface area contributed by atoms with Crippen LogP contribution in [0.25, 0.3) is 0 Å². The van der Waals surface area contributed by atoms with Crippen molar-refractivity contribution in [2.24, 2.45) is 0 Å². The lowest BCUT2D eigenvalue weighted by Crippen LogP contribution is -2.23. The van der Waals surface area contributed by atoms with Crippen LogP contribution in [0.2, 0.25) is 5.15 Å². The van der Waals surface area contributed by atoms with Crippen LogP contribution in [0.15, 0.2) is 28.2 Å². The Morgan fingerprint density at radius 3 is 2.95 bits per heavy atom. The van der Waals surface area contributed by atoms with Gasteiger partial charge in [-0.3, -0.25) is 14.9 Å². The lowest BCUT2D eigenvalue weighted by atomic mass is 10.2. The van der Waals surface area contributed by atoms with Crippen molar-refractivity contribution in [3.05, 3.63) is 53.9 Å². The Balaban J connectivity index is 2.17. The normalized spacial score (nSPS) is 10.3. The Morgan fingerprint density at radius 1 is 1.60 bits per heavy atom. The van der Waals surface area contributed by atoms with Crippen LogP contribution in [-0.4, -0.2) is 15.8 Å². The van der Waals surface area contributed by atoms with Gasteiger partial charge in [-0.15, -0.1) is 11.3 Å². The highest BCUT2D eigenvalue weighted by atomic mass is 79.9. The van der Waals surface area contributed by atoms with Gasteiger partial charge in [0.05, 0.1) is 11.5 Å². The first-order valence-electron chi connectivity index (χ1n) is 5.29. The van der Waals surface area contributed by atoms with E-state index in [0.29, 0.717) is 0 Å². The predicted molar refractivity (Wildman–Crippen MR) is 79.1 cm³/mol. The van der Waals surface area contributed by atoms with Crippen LogP contribution in [0.5, 0.6) is 0 Å². The molecule has 0 atom stereocenters. The SMILES string of the molecule is O=C(NCc1cc(Br)cs1)c1ccnc(Cl)c1[N+](=O)[O-]. The Kier molecular flexibility index (Phi) is 4.69. The maximum absolute atomic E-state index is 12.0. The minimum Gasteiger partial charge on any atom is -0.347 e. The van der Waals surface area contributed by atoms with Crippen LogP contribution < -0.4 is 5.32 Å². The highest BCUT2D eigenvalue weighted by Crippen LogP contribution is 2.26. The van der Waals surface area contributed by atoms with Gasteiger partial charge in [0.25, 0.3) is 5.91 Å². The molecule has 104 valence electrons. The number of nitro groups is 1. The fourth-order valence-electron chi connectivity index (χ4n) is 1.49. The van der Waals surface area contributed by atoms with Crippen LogP contribution in [-0.2, 0) is 6.54 Å². The number of halogens is 2. The molecule has 1 N–H and O–H groups in total. The second-order valence-electron chi connectivity index (χ2n) is 3.67. The number of rotatable bonds is 4. The topological polar surface area (TPSA) is 85.1 Å². The van der Waals surface area contributed by atoms with Crippen molar-refractivity contribution in [3.8, 4) is 0 Å². The van der Waals surface area contributed by atoms with Crippen molar-refractivity contribution in [1.29, 1.82) is 0 Å². The molecule has 0 saturated carbocycles. The van der Waals surface area contributed by atoms with Gasteiger partial charge in [0.15, 0.2) is 0 Å². The molecule has 9 heteroatoms. The molecule has 0 fully saturated rings. The third-order valence-corrected chi connectivity index (χ3v) is 4.33. The maximum Gasteiger partial charge on any atom is 0.319 e. The number of carbonyl (C=O) groups excluding carboxylic acids is 1. The molecule has 0 spiro atoms. The van der Waals surface area contributed by atoms with E-state index in [1.807, 2.05) is 11.4 Å². The third kappa shape index (κ3) is 3.33. The number of nitrogens with one attached hydrogen (secondary N) is 1. The summed E-state index contributed by atoms with van der Waals surface area (Å²) in [6, 6.07) is 3.13. The average Bonchev–Trinajstić information content (AvgIpc) is 2.81. The number of pyridine rings is 1. The molecule has 2 aromatic heterocycles. The molecule has 0 aromatic carbocycles. The lowest BCUT2D eigenvalue weighted by molar-refractivity contribution is -0.385. The van der Waals surface area contributed by atoms with Crippen LogP contribution in [0.4, 0.5) is 5.69 Å². The number of amides is 1. The molecular formula is C11H7BrClN3O3S. The summed E-state index contributed by atoms with van der Waals surface area (Å²) in [4.78, 5) is 26.7. The van der Waals surface area contributed by atoms with E-state index in [0.717, 1.165) is 9.35 Å². The standard InChI is InChI=1S/C11H7BrClN3O3S/c12-6-3-7(20-5-6)4-15-11(17)8-1-2-14-10(13)9(8)16(18)19/h1-3,5H,4H2,(H,15,17). The Labute approximate surface area is 131 Å². The van der Waals surface area contributed by atoms with E-state index in [1.165, 1.54) is 23.6 Å². The van der Waals surface area contributed by atoms with Crippen LogP contribution in [0.3, 0.4) is 0 Å². The fourth-order valence-corrected chi connectivity index (χ4v) is 3.11. The van der Waals surface area contributed by atoms with Gasteiger partial charge in [0, 0.05) is 20.9 Å². The smallest absolute Gasteiger partial charge is 0.319 e. The summed E-state index contributed by atoms with van der Waals surface area (Å²) < 4.78 is 0.921.